The number of nitrogens with one attached hydrogen (secondary N) is 2. The molecule has 2 amide bonds. The lowest BCUT2D eigenvalue weighted by molar-refractivity contribution is 0.101. The summed E-state index contributed by atoms with van der Waals surface area (Å²) >= 11 is 0. The minimum atomic E-state index is -0.164. The fourth-order valence-electron chi connectivity index (χ4n) is 3.18. The number of rotatable bonds is 5. The Morgan fingerprint density at radius 2 is 1.03 bits per heavy atom. The van der Waals surface area contributed by atoms with Gasteiger partial charge in [-0.05, 0) is 71.0 Å². The zero-order chi connectivity index (χ0) is 22.6. The number of amides is 2. The molecule has 3 aromatic rings. The van der Waals surface area contributed by atoms with Gasteiger partial charge in [-0.15, -0.1) is 0 Å². The number of hydrogen-bond donors (Lipinski definition) is 2. The highest BCUT2D eigenvalue weighted by Crippen LogP contribution is 2.23. The van der Waals surface area contributed by atoms with E-state index in [-0.39, 0.29) is 17.2 Å². The van der Waals surface area contributed by atoms with Crippen LogP contribution in [0.25, 0.3) is 0 Å². The van der Waals surface area contributed by atoms with Crippen molar-refractivity contribution >= 4 is 23.2 Å². The molecule has 0 aliphatic carbocycles. The third kappa shape index (κ3) is 5.82. The Hall–Kier alpha value is -3.40. The molecule has 0 aliphatic rings. The summed E-state index contributed by atoms with van der Waals surface area (Å²) in [7, 11) is 0. The van der Waals surface area contributed by atoms with Crippen molar-refractivity contribution < 1.29 is 9.59 Å². The SMILES string of the molecule is CC(C)c1ccc(C(=O)Nc2ccc(NC(=O)c3ccc(C(C)(C)C)cc3)cc2)cc1. The molecule has 2 N–H and O–H groups in total. The van der Waals surface area contributed by atoms with Crippen LogP contribution in [0.3, 0.4) is 0 Å². The second-order valence-corrected chi connectivity index (χ2v) is 9.09. The van der Waals surface area contributed by atoms with Gasteiger partial charge in [-0.3, -0.25) is 9.59 Å². The predicted octanol–water partition coefficient (Wildman–Crippen LogP) is 6.61. The van der Waals surface area contributed by atoms with E-state index in [0.717, 1.165) is 0 Å². The predicted molar refractivity (Wildman–Crippen MR) is 128 cm³/mol. The van der Waals surface area contributed by atoms with Crippen LogP contribution in [-0.4, -0.2) is 11.8 Å². The van der Waals surface area contributed by atoms with Crippen LogP contribution in [0, 0.1) is 0 Å². The molecule has 0 saturated carbocycles. The monoisotopic (exact) mass is 414 g/mol. The summed E-state index contributed by atoms with van der Waals surface area (Å²) in [4.78, 5) is 25.0. The Balaban J connectivity index is 1.60. The Morgan fingerprint density at radius 1 is 0.645 bits per heavy atom. The molecule has 3 rings (SSSR count). The summed E-state index contributed by atoms with van der Waals surface area (Å²) in [5, 5.41) is 5.78. The van der Waals surface area contributed by atoms with Crippen molar-refractivity contribution in [2.75, 3.05) is 10.6 Å². The zero-order valence-electron chi connectivity index (χ0n) is 18.8. The van der Waals surface area contributed by atoms with Crippen LogP contribution in [0.2, 0.25) is 0 Å². The smallest absolute Gasteiger partial charge is 0.255 e. The van der Waals surface area contributed by atoms with Crippen LogP contribution in [0.1, 0.15) is 72.4 Å². The van der Waals surface area contributed by atoms with Gasteiger partial charge in [0.25, 0.3) is 11.8 Å². The van der Waals surface area contributed by atoms with Crippen molar-refractivity contribution in [3.63, 3.8) is 0 Å². The average Bonchev–Trinajstić information content (AvgIpc) is 2.74. The molecule has 0 unspecified atom stereocenters. The van der Waals surface area contributed by atoms with E-state index in [2.05, 4.69) is 45.3 Å². The molecule has 0 atom stereocenters. The van der Waals surface area contributed by atoms with E-state index in [0.29, 0.717) is 28.4 Å². The highest BCUT2D eigenvalue weighted by atomic mass is 16.2. The number of hydrogen-bond acceptors (Lipinski definition) is 2. The van der Waals surface area contributed by atoms with E-state index in [4.69, 9.17) is 0 Å². The van der Waals surface area contributed by atoms with Crippen LogP contribution in [0.15, 0.2) is 72.8 Å². The quantitative estimate of drug-likeness (QED) is 0.493. The van der Waals surface area contributed by atoms with Crippen LogP contribution >= 0.6 is 0 Å². The first kappa shape index (κ1) is 22.3. The summed E-state index contributed by atoms with van der Waals surface area (Å²) in [5.41, 5.74) is 4.99. The highest BCUT2D eigenvalue weighted by Gasteiger charge is 2.14. The summed E-state index contributed by atoms with van der Waals surface area (Å²) in [6, 6.07) is 22.4. The standard InChI is InChI=1S/C27H30N2O2/c1-18(2)19-6-8-20(9-7-19)25(30)28-23-14-16-24(17-15-23)29-26(31)21-10-12-22(13-11-21)27(3,4)5/h6-18H,1-5H3,(H,28,30)(H,29,31). The molecule has 4 nitrogen and oxygen atoms in total. The zero-order valence-corrected chi connectivity index (χ0v) is 18.8. The molecular formula is C27H30N2O2. The number of carbonyl (C=O) groups is 2. The second kappa shape index (κ2) is 9.17. The van der Waals surface area contributed by atoms with E-state index in [9.17, 15) is 9.59 Å². The van der Waals surface area contributed by atoms with Crippen LogP contribution in [0.4, 0.5) is 11.4 Å². The molecule has 4 heteroatoms. The van der Waals surface area contributed by atoms with Gasteiger partial charge >= 0.3 is 0 Å². The molecule has 0 radical (unpaired) electrons. The lowest BCUT2D eigenvalue weighted by Crippen LogP contribution is -2.14. The third-order valence-electron chi connectivity index (χ3n) is 5.25. The lowest BCUT2D eigenvalue weighted by atomic mass is 9.87. The molecule has 31 heavy (non-hydrogen) atoms. The van der Waals surface area contributed by atoms with E-state index >= 15 is 0 Å². The highest BCUT2D eigenvalue weighted by molar-refractivity contribution is 6.05. The molecule has 0 fully saturated rings. The fraction of sp³-hybridized carbons (Fsp3) is 0.259. The fourth-order valence-corrected chi connectivity index (χ4v) is 3.18. The molecule has 0 heterocycles. The average molecular weight is 415 g/mol. The van der Waals surface area contributed by atoms with Gasteiger partial charge in [-0.2, -0.15) is 0 Å². The molecule has 0 bridgehead atoms. The van der Waals surface area contributed by atoms with Gasteiger partial charge in [0.05, 0.1) is 0 Å². The maximum Gasteiger partial charge on any atom is 0.255 e. The topological polar surface area (TPSA) is 58.2 Å². The van der Waals surface area contributed by atoms with Gasteiger partial charge in [-0.25, -0.2) is 0 Å². The van der Waals surface area contributed by atoms with Crippen molar-refractivity contribution in [2.45, 2.75) is 46.0 Å². The van der Waals surface area contributed by atoms with E-state index in [1.165, 1.54) is 11.1 Å². The van der Waals surface area contributed by atoms with Crippen LogP contribution < -0.4 is 10.6 Å². The van der Waals surface area contributed by atoms with Crippen molar-refractivity contribution in [1.82, 2.24) is 0 Å². The largest absolute Gasteiger partial charge is 0.322 e. The Bertz CT molecular complexity index is 1040. The van der Waals surface area contributed by atoms with Gasteiger partial charge in [0.2, 0.25) is 0 Å². The van der Waals surface area contributed by atoms with Gasteiger partial charge in [0, 0.05) is 22.5 Å². The number of anilines is 2. The molecular weight excluding hydrogens is 384 g/mol. The van der Waals surface area contributed by atoms with Gasteiger partial charge in [-0.1, -0.05) is 58.9 Å². The van der Waals surface area contributed by atoms with Crippen molar-refractivity contribution in [3.8, 4) is 0 Å². The molecule has 0 aromatic heterocycles. The Labute approximate surface area is 184 Å². The minimum absolute atomic E-state index is 0.0474. The summed E-state index contributed by atoms with van der Waals surface area (Å²) < 4.78 is 0. The lowest BCUT2D eigenvalue weighted by Gasteiger charge is -2.19. The van der Waals surface area contributed by atoms with Crippen LogP contribution in [-0.2, 0) is 5.41 Å². The van der Waals surface area contributed by atoms with E-state index in [1.807, 2.05) is 48.5 Å². The van der Waals surface area contributed by atoms with E-state index < -0.39 is 0 Å². The normalized spacial score (nSPS) is 11.3. The molecule has 160 valence electrons. The van der Waals surface area contributed by atoms with Crippen molar-refractivity contribution in [2.24, 2.45) is 0 Å². The molecule has 0 aliphatic heterocycles. The first-order chi connectivity index (χ1) is 14.6. The first-order valence-corrected chi connectivity index (χ1v) is 10.6. The second-order valence-electron chi connectivity index (χ2n) is 9.09. The summed E-state index contributed by atoms with van der Waals surface area (Å²) in [6.07, 6.45) is 0. The minimum Gasteiger partial charge on any atom is -0.322 e. The van der Waals surface area contributed by atoms with Gasteiger partial charge in [0.1, 0.15) is 0 Å². The third-order valence-corrected chi connectivity index (χ3v) is 5.25. The van der Waals surface area contributed by atoms with E-state index in [1.54, 1.807) is 24.3 Å². The summed E-state index contributed by atoms with van der Waals surface area (Å²) in [6.45, 7) is 10.7. The number of carbonyl (C=O) groups excluding carboxylic acids is 2. The number of benzene rings is 3. The van der Waals surface area contributed by atoms with Gasteiger partial charge < -0.3 is 10.6 Å². The first-order valence-electron chi connectivity index (χ1n) is 10.6. The van der Waals surface area contributed by atoms with Crippen molar-refractivity contribution in [1.29, 1.82) is 0 Å². The van der Waals surface area contributed by atoms with Crippen molar-refractivity contribution in [3.05, 3.63) is 95.1 Å². The molecule has 0 spiro atoms. The molecule has 0 saturated heterocycles. The van der Waals surface area contributed by atoms with Gasteiger partial charge in [0.15, 0.2) is 0 Å². The maximum absolute atomic E-state index is 12.5. The Morgan fingerprint density at radius 3 is 1.39 bits per heavy atom. The summed E-state index contributed by atoms with van der Waals surface area (Å²) in [5.74, 6) is 0.102. The molecule has 3 aromatic carbocycles. The van der Waals surface area contributed by atoms with Crippen LogP contribution in [0.5, 0.6) is 0 Å². The Kier molecular flexibility index (Phi) is 6.59. The maximum atomic E-state index is 12.5.